The van der Waals surface area contributed by atoms with E-state index in [0.717, 1.165) is 19.2 Å². The van der Waals surface area contributed by atoms with Crippen molar-refractivity contribution in [2.75, 3.05) is 19.0 Å². The maximum atomic E-state index is 15.7. The number of rotatable bonds is 8. The Morgan fingerprint density at radius 2 is 1.82 bits per heavy atom. The Kier molecular flexibility index (Phi) is 9.29. The number of hydrogen-bond donors (Lipinski definition) is 1. The zero-order valence-electron chi connectivity index (χ0n) is 23.1. The molecule has 12 nitrogen and oxygen atoms in total. The number of nitrogens with zero attached hydrogens (tertiary/aromatic N) is 3. The van der Waals surface area contributed by atoms with Gasteiger partial charge in [0.1, 0.15) is 11.4 Å². The molecule has 3 aromatic rings. The van der Waals surface area contributed by atoms with Gasteiger partial charge in [-0.05, 0) is 36.9 Å². The molecule has 2 aliphatic heterocycles. The number of Topliss-reactive ketones (excluding diaryl/α,β-unsaturated/α-hetero) is 1. The molecular formula is C30H27Cl2FN4O8. The quantitative estimate of drug-likeness (QED) is 0.132. The van der Waals surface area contributed by atoms with Crippen molar-refractivity contribution in [3.05, 3.63) is 113 Å². The van der Waals surface area contributed by atoms with E-state index in [1.54, 1.807) is 6.92 Å². The van der Waals surface area contributed by atoms with Crippen molar-refractivity contribution in [3.63, 3.8) is 0 Å². The summed E-state index contributed by atoms with van der Waals surface area (Å²) in [5.41, 5.74) is -2.84. The van der Waals surface area contributed by atoms with Gasteiger partial charge in [0.05, 0.1) is 40.1 Å². The second-order valence-corrected chi connectivity index (χ2v) is 11.1. The number of ketones is 1. The monoisotopic (exact) mass is 660 g/mol. The summed E-state index contributed by atoms with van der Waals surface area (Å²) in [6.07, 6.45) is -0.658. The molecule has 1 fully saturated rings. The van der Waals surface area contributed by atoms with E-state index in [4.69, 9.17) is 23.2 Å². The first-order valence-corrected chi connectivity index (χ1v) is 14.0. The van der Waals surface area contributed by atoms with Crippen LogP contribution in [0.3, 0.4) is 0 Å². The number of esters is 1. The Morgan fingerprint density at radius 1 is 1.11 bits per heavy atom. The first-order chi connectivity index (χ1) is 20.9. The van der Waals surface area contributed by atoms with Crippen molar-refractivity contribution in [1.82, 2.24) is 4.90 Å². The summed E-state index contributed by atoms with van der Waals surface area (Å²) in [5.74, 6) is -4.88. The van der Waals surface area contributed by atoms with Crippen LogP contribution in [-0.4, -0.2) is 58.1 Å². The Balaban J connectivity index is 0.00000461. The molecule has 5 rings (SSSR count). The number of methoxy groups -OCH3 is 1. The minimum atomic E-state index is -1.89. The Bertz CT molecular complexity index is 1750. The van der Waals surface area contributed by atoms with Gasteiger partial charge in [0.25, 0.3) is 11.6 Å². The highest BCUT2D eigenvalue weighted by molar-refractivity contribution is 6.31. The van der Waals surface area contributed by atoms with Crippen molar-refractivity contribution in [2.45, 2.75) is 44.3 Å². The third-order valence-electron chi connectivity index (χ3n) is 8.24. The number of likely N-dealkylation sites (tertiary alicyclic amines) is 1. The molecule has 0 aromatic heterocycles. The lowest BCUT2D eigenvalue weighted by molar-refractivity contribution is -0.528. The number of amides is 1. The van der Waals surface area contributed by atoms with Crippen LogP contribution >= 0.6 is 23.2 Å². The van der Waals surface area contributed by atoms with Gasteiger partial charge in [0.15, 0.2) is 5.78 Å². The number of carbonyl (C=O) groups is 3. The van der Waals surface area contributed by atoms with Crippen LogP contribution in [-0.2, 0) is 15.1 Å². The summed E-state index contributed by atoms with van der Waals surface area (Å²) in [7, 11) is 1.09. The fraction of sp³-hybridized carbons (Fsp3) is 0.300. The van der Waals surface area contributed by atoms with Crippen molar-refractivity contribution in [1.29, 1.82) is 0 Å². The zero-order chi connectivity index (χ0) is 32.1. The molecule has 45 heavy (non-hydrogen) atoms. The van der Waals surface area contributed by atoms with E-state index >= 15 is 4.39 Å². The van der Waals surface area contributed by atoms with Crippen molar-refractivity contribution < 1.29 is 33.4 Å². The largest absolute Gasteiger partial charge is 0.465 e. The third-order valence-corrected chi connectivity index (χ3v) is 8.76. The Labute approximate surface area is 266 Å². The van der Waals surface area contributed by atoms with Crippen LogP contribution in [0.5, 0.6) is 0 Å². The maximum absolute atomic E-state index is 15.7. The molecule has 1 saturated heterocycles. The van der Waals surface area contributed by atoms with Crippen LogP contribution < -0.4 is 5.32 Å². The number of nitro benzene ring substituents is 1. The molecule has 4 atom stereocenters. The summed E-state index contributed by atoms with van der Waals surface area (Å²) in [4.78, 5) is 64.6. The normalized spacial score (nSPS) is 22.0. The van der Waals surface area contributed by atoms with Crippen LogP contribution in [0.2, 0.25) is 10.0 Å². The van der Waals surface area contributed by atoms with Crippen LogP contribution in [0.15, 0.2) is 54.6 Å². The highest BCUT2D eigenvalue weighted by atomic mass is 35.5. The lowest BCUT2D eigenvalue weighted by Crippen LogP contribution is -2.52. The van der Waals surface area contributed by atoms with Crippen LogP contribution in [0, 0.1) is 26.0 Å². The minimum absolute atomic E-state index is 0. The van der Waals surface area contributed by atoms with Crippen molar-refractivity contribution in [2.24, 2.45) is 0 Å². The van der Waals surface area contributed by atoms with Gasteiger partial charge in [0, 0.05) is 39.2 Å². The number of likely N-dealkylation sites (N-methyl/N-ethyl adjacent to an activating group) is 1. The van der Waals surface area contributed by atoms with Gasteiger partial charge in [-0.15, -0.1) is 0 Å². The number of hydrogen-bond acceptors (Lipinski definition) is 9. The number of benzene rings is 3. The summed E-state index contributed by atoms with van der Waals surface area (Å²) in [6.45, 7) is 1.61. The molecule has 2 heterocycles. The molecule has 1 unspecified atom stereocenters. The highest BCUT2D eigenvalue weighted by Gasteiger charge is 2.71. The summed E-state index contributed by atoms with van der Waals surface area (Å²) < 4.78 is 20.4. The molecule has 0 aliphatic carbocycles. The lowest BCUT2D eigenvalue weighted by Gasteiger charge is -2.38. The second kappa shape index (κ2) is 12.5. The third kappa shape index (κ3) is 5.20. The molecule has 2 aliphatic rings. The van der Waals surface area contributed by atoms with Crippen LogP contribution in [0.1, 0.15) is 58.5 Å². The van der Waals surface area contributed by atoms with E-state index in [9.17, 15) is 34.6 Å². The Morgan fingerprint density at radius 3 is 2.44 bits per heavy atom. The van der Waals surface area contributed by atoms with Crippen LogP contribution in [0.25, 0.3) is 0 Å². The zero-order valence-corrected chi connectivity index (χ0v) is 24.6. The Hall–Kier alpha value is -4.46. The molecule has 3 aromatic carbocycles. The predicted octanol–water partition coefficient (Wildman–Crippen LogP) is 6.02. The smallest absolute Gasteiger partial charge is 0.338 e. The van der Waals surface area contributed by atoms with Gasteiger partial charge < -0.3 is 10.1 Å². The van der Waals surface area contributed by atoms with Gasteiger partial charge in [-0.2, -0.15) is 0 Å². The number of nitrogens with one attached hydrogen (secondary N) is 1. The molecule has 1 spiro atoms. The molecule has 0 radical (unpaired) electrons. The molecule has 1 amide bonds. The van der Waals surface area contributed by atoms with E-state index in [0.29, 0.717) is 0 Å². The fourth-order valence-electron chi connectivity index (χ4n) is 6.59. The number of ether oxygens (including phenoxy) is 1. The molecule has 0 bridgehead atoms. The molecule has 1 N–H and O–H groups in total. The van der Waals surface area contributed by atoms with Gasteiger partial charge in [0.2, 0.25) is 6.04 Å². The maximum Gasteiger partial charge on any atom is 0.338 e. The number of nitro groups is 2. The standard InChI is InChI=1S/C29H23Cl2FN4O8.CH4/c1-3-34-22(13-23(37)16-9-7-14(27(38)44-2)11-21(16)35(40)41)26(36(42)43)24(17-5-4-6-19(31)25(17)32)29(34)18-10-8-15(30)12-20(18)33-28(29)39;/h4-12,22,24,26H,3,13H2,1-2H3,(H,33,39);1H4/t22-,24-,26?,29+;/m0./s1. The van der Waals surface area contributed by atoms with Gasteiger partial charge in [-0.25, -0.2) is 9.18 Å². The minimum Gasteiger partial charge on any atom is -0.465 e. The van der Waals surface area contributed by atoms with E-state index in [1.165, 1.54) is 47.4 Å². The second-order valence-electron chi connectivity index (χ2n) is 10.3. The van der Waals surface area contributed by atoms with E-state index in [2.05, 4.69) is 10.1 Å². The SMILES string of the molecule is C.CCN1[C@@H](CC(=O)c2ccc(C(=O)OC)cc2[N+](=O)[O-])C([N+](=O)[O-])[C@H](c2cccc(Cl)c2F)[C@]12C(=O)Nc1cc(Cl)ccc12. The number of fused-ring (bicyclic) bond motifs is 2. The first-order valence-electron chi connectivity index (χ1n) is 13.2. The topological polar surface area (TPSA) is 162 Å². The van der Waals surface area contributed by atoms with E-state index < -0.39 is 74.5 Å². The predicted molar refractivity (Wildman–Crippen MR) is 163 cm³/mol. The number of carbonyl (C=O) groups excluding carboxylic acids is 3. The van der Waals surface area contributed by atoms with Gasteiger partial charge >= 0.3 is 5.97 Å². The highest BCUT2D eigenvalue weighted by Crippen LogP contribution is 2.58. The van der Waals surface area contributed by atoms with Gasteiger partial charge in [-0.3, -0.25) is 34.7 Å². The lowest BCUT2D eigenvalue weighted by atomic mass is 9.73. The molecule has 236 valence electrons. The van der Waals surface area contributed by atoms with E-state index in [1.807, 2.05) is 0 Å². The number of halogens is 3. The molecular weight excluding hydrogens is 634 g/mol. The molecule has 0 saturated carbocycles. The first kappa shape index (κ1) is 33.4. The van der Waals surface area contributed by atoms with Crippen LogP contribution in [0.4, 0.5) is 15.8 Å². The van der Waals surface area contributed by atoms with E-state index in [-0.39, 0.29) is 46.4 Å². The molecule has 15 heteroatoms. The fourth-order valence-corrected chi connectivity index (χ4v) is 6.94. The summed E-state index contributed by atoms with van der Waals surface area (Å²) in [5, 5.41) is 27.5. The average Bonchev–Trinajstić information content (AvgIpc) is 3.43. The summed E-state index contributed by atoms with van der Waals surface area (Å²) in [6, 6.07) is 8.47. The summed E-state index contributed by atoms with van der Waals surface area (Å²) >= 11 is 12.3. The average molecular weight is 661 g/mol. The van der Waals surface area contributed by atoms with Crippen molar-refractivity contribution in [3.8, 4) is 0 Å². The number of anilines is 1. The van der Waals surface area contributed by atoms with Crippen molar-refractivity contribution >= 4 is 52.2 Å². The van der Waals surface area contributed by atoms with Gasteiger partial charge in [-0.1, -0.05) is 55.8 Å².